The summed E-state index contributed by atoms with van der Waals surface area (Å²) in [6, 6.07) is 0. The van der Waals surface area contributed by atoms with E-state index in [2.05, 4.69) is 17.2 Å². The van der Waals surface area contributed by atoms with E-state index < -0.39 is 6.55 Å². The fourth-order valence-electron chi connectivity index (χ4n) is 1.32. The predicted octanol–water partition coefficient (Wildman–Crippen LogP) is 1.92. The van der Waals surface area contributed by atoms with Crippen molar-refractivity contribution in [3.63, 3.8) is 0 Å². The Morgan fingerprint density at radius 1 is 1.64 bits per heavy atom. The van der Waals surface area contributed by atoms with Gasteiger partial charge in [-0.15, -0.1) is 0 Å². The van der Waals surface area contributed by atoms with Gasteiger partial charge in [0.1, 0.15) is 5.82 Å². The van der Waals surface area contributed by atoms with E-state index in [1.807, 2.05) is 0 Å². The Kier molecular flexibility index (Phi) is 2.26. The maximum atomic E-state index is 12.4. The lowest BCUT2D eigenvalue weighted by atomic mass is 10.3. The molecule has 0 saturated heterocycles. The van der Waals surface area contributed by atoms with Gasteiger partial charge in [-0.05, 0) is 19.8 Å². The number of hydrogen-bond donors (Lipinski definition) is 1. The first-order valence-electron chi connectivity index (χ1n) is 4.66. The van der Waals surface area contributed by atoms with Gasteiger partial charge in [-0.2, -0.15) is 8.78 Å². The normalized spacial score (nSPS) is 18.9. The SMILES string of the molecule is CC1(NCc2nccn2C(F)F)CC1. The maximum Gasteiger partial charge on any atom is 0.319 e. The number of imidazole rings is 1. The second-order valence-corrected chi connectivity index (χ2v) is 3.94. The molecule has 3 nitrogen and oxygen atoms in total. The van der Waals surface area contributed by atoms with E-state index in [9.17, 15) is 8.78 Å². The van der Waals surface area contributed by atoms with Crippen LogP contribution in [-0.2, 0) is 6.54 Å². The van der Waals surface area contributed by atoms with E-state index >= 15 is 0 Å². The standard InChI is InChI=1S/C9H13F2N3/c1-9(2-3-9)13-6-7-12-4-5-14(7)8(10)11/h4-5,8,13H,2-3,6H2,1H3. The molecule has 78 valence electrons. The zero-order chi connectivity index (χ0) is 10.2. The highest BCUT2D eigenvalue weighted by atomic mass is 19.3. The molecule has 0 spiro atoms. The van der Waals surface area contributed by atoms with Crippen LogP contribution in [0, 0.1) is 0 Å². The molecule has 1 aliphatic rings. The fourth-order valence-corrected chi connectivity index (χ4v) is 1.32. The summed E-state index contributed by atoms with van der Waals surface area (Å²) in [5, 5.41) is 3.21. The number of nitrogens with zero attached hydrogens (tertiary/aromatic N) is 2. The summed E-state index contributed by atoms with van der Waals surface area (Å²) in [7, 11) is 0. The molecule has 2 rings (SSSR count). The minimum atomic E-state index is -2.50. The van der Waals surface area contributed by atoms with E-state index in [0.29, 0.717) is 12.4 Å². The second-order valence-electron chi connectivity index (χ2n) is 3.94. The summed E-state index contributed by atoms with van der Waals surface area (Å²) in [5.41, 5.74) is 0.152. The van der Waals surface area contributed by atoms with Gasteiger partial charge in [-0.3, -0.25) is 4.57 Å². The minimum Gasteiger partial charge on any atom is -0.305 e. The van der Waals surface area contributed by atoms with Gasteiger partial charge in [-0.1, -0.05) is 0 Å². The van der Waals surface area contributed by atoms with Gasteiger partial charge in [-0.25, -0.2) is 4.98 Å². The summed E-state index contributed by atoms with van der Waals surface area (Å²) < 4.78 is 25.7. The summed E-state index contributed by atoms with van der Waals surface area (Å²) in [6.45, 7) is -0.00227. The van der Waals surface area contributed by atoms with Gasteiger partial charge >= 0.3 is 6.55 Å². The molecule has 1 saturated carbocycles. The average Bonchev–Trinajstić information content (AvgIpc) is 2.68. The molecule has 1 aliphatic carbocycles. The largest absolute Gasteiger partial charge is 0.319 e. The highest BCUT2D eigenvalue weighted by Crippen LogP contribution is 2.34. The van der Waals surface area contributed by atoms with E-state index in [0.717, 1.165) is 17.4 Å². The number of alkyl halides is 2. The van der Waals surface area contributed by atoms with Gasteiger partial charge < -0.3 is 5.32 Å². The summed E-state index contributed by atoms with van der Waals surface area (Å²) in [5.74, 6) is 0.396. The molecule has 1 heterocycles. The van der Waals surface area contributed by atoms with Crippen molar-refractivity contribution in [3.8, 4) is 0 Å². The number of halogens is 2. The molecule has 0 bridgehead atoms. The van der Waals surface area contributed by atoms with Crippen LogP contribution in [0.4, 0.5) is 8.78 Å². The van der Waals surface area contributed by atoms with Crippen LogP contribution in [-0.4, -0.2) is 15.1 Å². The molecule has 0 atom stereocenters. The van der Waals surface area contributed by atoms with Crippen LogP contribution in [0.5, 0.6) is 0 Å². The molecule has 1 aromatic heterocycles. The van der Waals surface area contributed by atoms with E-state index in [1.54, 1.807) is 0 Å². The van der Waals surface area contributed by atoms with Gasteiger partial charge in [0.05, 0.1) is 6.54 Å². The first-order chi connectivity index (χ1) is 6.61. The third-order valence-electron chi connectivity index (χ3n) is 2.63. The van der Waals surface area contributed by atoms with Crippen molar-refractivity contribution in [2.45, 2.75) is 38.4 Å². The zero-order valence-corrected chi connectivity index (χ0v) is 8.00. The summed E-state index contributed by atoms with van der Waals surface area (Å²) in [4.78, 5) is 3.89. The predicted molar refractivity (Wildman–Crippen MR) is 48.0 cm³/mol. The topological polar surface area (TPSA) is 29.9 Å². The minimum absolute atomic E-state index is 0.152. The van der Waals surface area contributed by atoms with Crippen molar-refractivity contribution in [2.24, 2.45) is 0 Å². The molecule has 1 N–H and O–H groups in total. The quantitative estimate of drug-likeness (QED) is 0.806. The molecule has 0 unspecified atom stereocenters. The van der Waals surface area contributed by atoms with Crippen molar-refractivity contribution in [1.29, 1.82) is 0 Å². The van der Waals surface area contributed by atoms with Crippen molar-refractivity contribution < 1.29 is 8.78 Å². The first-order valence-corrected chi connectivity index (χ1v) is 4.66. The molecule has 5 heteroatoms. The Labute approximate surface area is 81.1 Å². The van der Waals surface area contributed by atoms with Crippen molar-refractivity contribution in [1.82, 2.24) is 14.9 Å². The molecule has 0 aromatic carbocycles. The van der Waals surface area contributed by atoms with E-state index in [4.69, 9.17) is 0 Å². The Balaban J connectivity index is 1.98. The van der Waals surface area contributed by atoms with Gasteiger partial charge in [0.25, 0.3) is 0 Å². The lowest BCUT2D eigenvalue weighted by Crippen LogP contribution is -2.28. The maximum absolute atomic E-state index is 12.4. The van der Waals surface area contributed by atoms with Crippen LogP contribution < -0.4 is 5.32 Å². The number of hydrogen-bond acceptors (Lipinski definition) is 2. The highest BCUT2D eigenvalue weighted by molar-refractivity contribution is 5.00. The fraction of sp³-hybridized carbons (Fsp3) is 0.667. The number of rotatable bonds is 4. The summed E-state index contributed by atoms with van der Waals surface area (Å²) >= 11 is 0. The monoisotopic (exact) mass is 201 g/mol. The molecular weight excluding hydrogens is 188 g/mol. The summed E-state index contributed by atoms with van der Waals surface area (Å²) in [6.07, 6.45) is 4.93. The van der Waals surface area contributed by atoms with Crippen molar-refractivity contribution in [2.75, 3.05) is 0 Å². The molecule has 0 amide bonds. The van der Waals surface area contributed by atoms with Crippen LogP contribution >= 0.6 is 0 Å². The Morgan fingerprint density at radius 2 is 2.36 bits per heavy atom. The lowest BCUT2D eigenvalue weighted by molar-refractivity contribution is 0.0664. The third-order valence-corrected chi connectivity index (χ3v) is 2.63. The Bertz CT molecular complexity index is 318. The highest BCUT2D eigenvalue weighted by Gasteiger charge is 2.36. The van der Waals surface area contributed by atoms with Gasteiger partial charge in [0.15, 0.2) is 0 Å². The number of aromatic nitrogens is 2. The zero-order valence-electron chi connectivity index (χ0n) is 8.00. The second kappa shape index (κ2) is 3.31. The van der Waals surface area contributed by atoms with Crippen LogP contribution in [0.3, 0.4) is 0 Å². The molecule has 0 aliphatic heterocycles. The third kappa shape index (κ3) is 1.92. The van der Waals surface area contributed by atoms with Crippen LogP contribution in [0.25, 0.3) is 0 Å². The molecule has 1 fully saturated rings. The lowest BCUT2D eigenvalue weighted by Gasteiger charge is -2.11. The molecular formula is C9H13F2N3. The smallest absolute Gasteiger partial charge is 0.305 e. The first kappa shape index (κ1) is 9.58. The van der Waals surface area contributed by atoms with Gasteiger partial charge in [0.2, 0.25) is 0 Å². The van der Waals surface area contributed by atoms with Crippen LogP contribution in [0.2, 0.25) is 0 Å². The average molecular weight is 201 g/mol. The molecule has 14 heavy (non-hydrogen) atoms. The number of nitrogens with one attached hydrogen (secondary N) is 1. The van der Waals surface area contributed by atoms with Crippen LogP contribution in [0.15, 0.2) is 12.4 Å². The van der Waals surface area contributed by atoms with E-state index in [1.165, 1.54) is 12.4 Å². The van der Waals surface area contributed by atoms with Crippen molar-refractivity contribution in [3.05, 3.63) is 18.2 Å². The molecule has 1 aromatic rings. The molecule has 0 radical (unpaired) electrons. The van der Waals surface area contributed by atoms with Crippen LogP contribution in [0.1, 0.15) is 32.1 Å². The van der Waals surface area contributed by atoms with E-state index in [-0.39, 0.29) is 5.54 Å². The Hall–Kier alpha value is -0.970. The Morgan fingerprint density at radius 3 is 2.93 bits per heavy atom. The van der Waals surface area contributed by atoms with Gasteiger partial charge in [0, 0.05) is 17.9 Å². The van der Waals surface area contributed by atoms with Crippen molar-refractivity contribution >= 4 is 0 Å².